The Hall–Kier alpha value is -1.45. The van der Waals surface area contributed by atoms with Gasteiger partial charge in [-0.05, 0) is 37.5 Å². The molecule has 1 unspecified atom stereocenters. The maximum atomic E-state index is 12.3. The van der Waals surface area contributed by atoms with Crippen molar-refractivity contribution in [2.75, 3.05) is 19.6 Å². The van der Waals surface area contributed by atoms with E-state index in [4.69, 9.17) is 5.73 Å². The molecule has 1 atom stereocenters. The van der Waals surface area contributed by atoms with Gasteiger partial charge in [-0.25, -0.2) is 0 Å². The average molecular weight is 258 g/mol. The summed E-state index contributed by atoms with van der Waals surface area (Å²) in [4.78, 5) is 14.5. The molecular formula is C16H22N2O. The van der Waals surface area contributed by atoms with Gasteiger partial charge >= 0.3 is 0 Å². The Bertz CT molecular complexity index is 494. The minimum absolute atomic E-state index is 0.178. The fourth-order valence-corrected chi connectivity index (χ4v) is 2.40. The van der Waals surface area contributed by atoms with E-state index in [-0.39, 0.29) is 11.8 Å². The van der Waals surface area contributed by atoms with Crippen LogP contribution in [0.4, 0.5) is 0 Å². The summed E-state index contributed by atoms with van der Waals surface area (Å²) in [6.07, 6.45) is 5.25. The smallest absolute Gasteiger partial charge is 0.176 e. The third-order valence-electron chi connectivity index (χ3n) is 3.83. The highest BCUT2D eigenvalue weighted by atomic mass is 16.1. The van der Waals surface area contributed by atoms with Crippen LogP contribution in [0.5, 0.6) is 0 Å². The standard InChI is InChI=1S/C16H22N2O/c1-12-6-7-14(9-13(12)2)16(19)11-18-8-4-3-5-15(18)10-17/h3,5-7,9,15H,4,8,10-11,17H2,1-2H3. The van der Waals surface area contributed by atoms with Gasteiger partial charge in [-0.3, -0.25) is 9.69 Å². The highest BCUT2D eigenvalue weighted by Gasteiger charge is 2.20. The zero-order valence-electron chi connectivity index (χ0n) is 11.7. The second kappa shape index (κ2) is 6.13. The van der Waals surface area contributed by atoms with Crippen LogP contribution >= 0.6 is 0 Å². The molecule has 102 valence electrons. The number of benzene rings is 1. The van der Waals surface area contributed by atoms with E-state index in [1.54, 1.807) is 0 Å². The van der Waals surface area contributed by atoms with Gasteiger partial charge in [-0.1, -0.05) is 24.3 Å². The summed E-state index contributed by atoms with van der Waals surface area (Å²) in [5, 5.41) is 0. The van der Waals surface area contributed by atoms with Crippen LogP contribution in [0.2, 0.25) is 0 Å². The second-order valence-corrected chi connectivity index (χ2v) is 5.21. The molecule has 0 spiro atoms. The minimum Gasteiger partial charge on any atom is -0.329 e. The van der Waals surface area contributed by atoms with Crippen molar-refractivity contribution in [1.82, 2.24) is 4.90 Å². The first-order valence-corrected chi connectivity index (χ1v) is 6.83. The number of aryl methyl sites for hydroxylation is 2. The number of Topliss-reactive ketones (excluding diaryl/α,β-unsaturated/α-hetero) is 1. The van der Waals surface area contributed by atoms with Crippen LogP contribution in [0.25, 0.3) is 0 Å². The third kappa shape index (κ3) is 3.31. The topological polar surface area (TPSA) is 46.3 Å². The fraction of sp³-hybridized carbons (Fsp3) is 0.438. The summed E-state index contributed by atoms with van der Waals surface area (Å²) in [5.41, 5.74) is 8.93. The van der Waals surface area contributed by atoms with Crippen molar-refractivity contribution >= 4 is 5.78 Å². The Morgan fingerprint density at radius 1 is 1.37 bits per heavy atom. The predicted octanol–water partition coefficient (Wildman–Crippen LogP) is 2.08. The normalized spacial score (nSPS) is 19.6. The third-order valence-corrected chi connectivity index (χ3v) is 3.83. The molecule has 1 aromatic carbocycles. The molecule has 0 fully saturated rings. The van der Waals surface area contributed by atoms with Gasteiger partial charge in [-0.2, -0.15) is 0 Å². The van der Waals surface area contributed by atoms with Crippen molar-refractivity contribution in [3.8, 4) is 0 Å². The number of carbonyl (C=O) groups is 1. The quantitative estimate of drug-likeness (QED) is 0.664. The fourth-order valence-electron chi connectivity index (χ4n) is 2.40. The zero-order valence-corrected chi connectivity index (χ0v) is 11.7. The first-order chi connectivity index (χ1) is 9.11. The molecule has 0 aromatic heterocycles. The number of rotatable bonds is 4. The van der Waals surface area contributed by atoms with Gasteiger partial charge in [0.05, 0.1) is 6.54 Å². The van der Waals surface area contributed by atoms with Crippen molar-refractivity contribution in [3.05, 3.63) is 47.0 Å². The molecule has 0 radical (unpaired) electrons. The molecule has 1 aliphatic heterocycles. The Labute approximate surface area is 115 Å². The summed E-state index contributed by atoms with van der Waals surface area (Å²) in [7, 11) is 0. The van der Waals surface area contributed by atoms with E-state index >= 15 is 0 Å². The van der Waals surface area contributed by atoms with E-state index < -0.39 is 0 Å². The highest BCUT2D eigenvalue weighted by Crippen LogP contribution is 2.14. The van der Waals surface area contributed by atoms with Crippen LogP contribution in [-0.4, -0.2) is 36.4 Å². The molecule has 3 heteroatoms. The summed E-state index contributed by atoms with van der Waals surface area (Å²) < 4.78 is 0. The SMILES string of the molecule is Cc1ccc(C(=O)CN2CCC=CC2CN)cc1C. The van der Waals surface area contributed by atoms with Crippen molar-refractivity contribution in [2.24, 2.45) is 5.73 Å². The van der Waals surface area contributed by atoms with Gasteiger partial charge in [0.1, 0.15) is 0 Å². The lowest BCUT2D eigenvalue weighted by molar-refractivity contribution is 0.0909. The molecule has 0 saturated carbocycles. The lowest BCUT2D eigenvalue weighted by atomic mass is 10.0. The lowest BCUT2D eigenvalue weighted by Gasteiger charge is -2.30. The predicted molar refractivity (Wildman–Crippen MR) is 78.4 cm³/mol. The van der Waals surface area contributed by atoms with E-state index in [1.165, 1.54) is 11.1 Å². The van der Waals surface area contributed by atoms with Crippen molar-refractivity contribution < 1.29 is 4.79 Å². The van der Waals surface area contributed by atoms with Crippen LogP contribution < -0.4 is 5.73 Å². The van der Waals surface area contributed by atoms with Gasteiger partial charge in [0.15, 0.2) is 5.78 Å². The molecule has 19 heavy (non-hydrogen) atoms. The van der Waals surface area contributed by atoms with Crippen molar-refractivity contribution in [2.45, 2.75) is 26.3 Å². The molecule has 3 nitrogen and oxygen atoms in total. The van der Waals surface area contributed by atoms with E-state index in [0.29, 0.717) is 13.1 Å². The Balaban J connectivity index is 2.08. The molecule has 0 bridgehead atoms. The Morgan fingerprint density at radius 2 is 2.16 bits per heavy atom. The first kappa shape index (κ1) is 14.0. The van der Waals surface area contributed by atoms with Gasteiger partial charge in [-0.15, -0.1) is 0 Å². The average Bonchev–Trinajstić information content (AvgIpc) is 2.42. The first-order valence-electron chi connectivity index (χ1n) is 6.83. The number of carbonyl (C=O) groups excluding carboxylic acids is 1. The van der Waals surface area contributed by atoms with Crippen LogP contribution in [0, 0.1) is 13.8 Å². The summed E-state index contributed by atoms with van der Waals surface area (Å²) in [5.74, 6) is 0.178. The Kier molecular flexibility index (Phi) is 4.51. The monoisotopic (exact) mass is 258 g/mol. The van der Waals surface area contributed by atoms with E-state index in [9.17, 15) is 4.79 Å². The van der Waals surface area contributed by atoms with E-state index in [0.717, 1.165) is 18.5 Å². The molecule has 0 saturated heterocycles. The summed E-state index contributed by atoms with van der Waals surface area (Å²) in [6, 6.07) is 6.11. The Morgan fingerprint density at radius 3 is 2.84 bits per heavy atom. The van der Waals surface area contributed by atoms with Crippen LogP contribution in [-0.2, 0) is 0 Å². The molecule has 2 N–H and O–H groups in total. The van der Waals surface area contributed by atoms with Crippen molar-refractivity contribution in [3.63, 3.8) is 0 Å². The number of hydrogen-bond acceptors (Lipinski definition) is 3. The van der Waals surface area contributed by atoms with Gasteiger partial charge in [0.2, 0.25) is 0 Å². The number of ketones is 1. The van der Waals surface area contributed by atoms with Crippen LogP contribution in [0.15, 0.2) is 30.4 Å². The zero-order chi connectivity index (χ0) is 13.8. The molecule has 1 aliphatic rings. The largest absolute Gasteiger partial charge is 0.329 e. The lowest BCUT2D eigenvalue weighted by Crippen LogP contribution is -2.44. The maximum absolute atomic E-state index is 12.3. The number of hydrogen-bond donors (Lipinski definition) is 1. The number of nitrogens with two attached hydrogens (primary N) is 1. The molecule has 1 heterocycles. The summed E-state index contributed by atoms with van der Waals surface area (Å²) >= 11 is 0. The van der Waals surface area contributed by atoms with Gasteiger partial charge in [0, 0.05) is 24.7 Å². The van der Waals surface area contributed by atoms with Crippen LogP contribution in [0.1, 0.15) is 27.9 Å². The van der Waals surface area contributed by atoms with E-state index in [1.807, 2.05) is 25.1 Å². The maximum Gasteiger partial charge on any atom is 0.176 e. The van der Waals surface area contributed by atoms with Crippen molar-refractivity contribution in [1.29, 1.82) is 0 Å². The minimum atomic E-state index is 0.178. The van der Waals surface area contributed by atoms with Gasteiger partial charge in [0.25, 0.3) is 0 Å². The van der Waals surface area contributed by atoms with Gasteiger partial charge < -0.3 is 5.73 Å². The summed E-state index contributed by atoms with van der Waals surface area (Å²) in [6.45, 7) is 6.03. The molecule has 0 amide bonds. The second-order valence-electron chi connectivity index (χ2n) is 5.21. The van der Waals surface area contributed by atoms with Crippen LogP contribution in [0.3, 0.4) is 0 Å². The molecule has 2 rings (SSSR count). The molecule has 1 aromatic rings. The van der Waals surface area contributed by atoms with E-state index in [2.05, 4.69) is 24.0 Å². The highest BCUT2D eigenvalue weighted by molar-refractivity contribution is 5.97. The number of nitrogens with zero attached hydrogens (tertiary/aromatic N) is 1. The molecular weight excluding hydrogens is 236 g/mol. The molecule has 0 aliphatic carbocycles.